The molecule has 62 valence electrons. The van der Waals surface area contributed by atoms with Gasteiger partial charge in [-0.2, -0.15) is 0 Å². The average Bonchev–Trinajstić information content (AvgIpc) is 2.39. The van der Waals surface area contributed by atoms with E-state index in [4.69, 9.17) is 5.73 Å². The Bertz CT molecular complexity index is 181. The second-order valence-corrected chi connectivity index (χ2v) is 3.26. The Morgan fingerprint density at radius 2 is 2.64 bits per heavy atom. The highest BCUT2D eigenvalue weighted by Gasteiger charge is 2.05. The molecule has 0 unspecified atom stereocenters. The summed E-state index contributed by atoms with van der Waals surface area (Å²) >= 11 is 1.55. The largest absolute Gasteiger partial charge is 0.370 e. The number of thioether (sulfide) groups is 1. The summed E-state index contributed by atoms with van der Waals surface area (Å²) in [5, 5.41) is 4.03. The lowest BCUT2D eigenvalue weighted by Crippen LogP contribution is -2.17. The lowest BCUT2D eigenvalue weighted by molar-refractivity contribution is -0.117. The highest BCUT2D eigenvalue weighted by molar-refractivity contribution is 8.13. The Balaban J connectivity index is 2.07. The van der Waals surface area contributed by atoms with Gasteiger partial charge < -0.3 is 11.1 Å². The Labute approximate surface area is 69.6 Å². The van der Waals surface area contributed by atoms with Crippen LogP contribution >= 0.6 is 11.8 Å². The summed E-state index contributed by atoms with van der Waals surface area (Å²) in [5.74, 6) is 0.470. The van der Waals surface area contributed by atoms with Crippen molar-refractivity contribution < 1.29 is 4.79 Å². The van der Waals surface area contributed by atoms with Gasteiger partial charge in [-0.05, 0) is 0 Å². The van der Waals surface area contributed by atoms with Crippen molar-refractivity contribution in [2.24, 2.45) is 10.7 Å². The van der Waals surface area contributed by atoms with E-state index in [0.29, 0.717) is 6.42 Å². The van der Waals surface area contributed by atoms with E-state index in [1.807, 2.05) is 0 Å². The van der Waals surface area contributed by atoms with Crippen LogP contribution in [0.5, 0.6) is 0 Å². The minimum absolute atomic E-state index is 0.254. The van der Waals surface area contributed by atoms with Gasteiger partial charge in [0.1, 0.15) is 0 Å². The third-order valence-corrected chi connectivity index (χ3v) is 2.19. The quantitative estimate of drug-likeness (QED) is 0.607. The maximum Gasteiger partial charge on any atom is 0.218 e. The van der Waals surface area contributed by atoms with Gasteiger partial charge in [-0.25, -0.2) is 0 Å². The molecule has 0 spiro atoms. The van der Waals surface area contributed by atoms with Crippen LogP contribution in [0.3, 0.4) is 0 Å². The molecule has 0 aromatic heterocycles. The first-order chi connectivity index (χ1) is 5.29. The topological polar surface area (TPSA) is 67.5 Å². The molecule has 5 heteroatoms. The van der Waals surface area contributed by atoms with Crippen LogP contribution in [0, 0.1) is 0 Å². The molecule has 3 N–H and O–H groups in total. The van der Waals surface area contributed by atoms with Crippen molar-refractivity contribution in [1.29, 1.82) is 0 Å². The molecule has 0 bridgehead atoms. The maximum atomic E-state index is 10.3. The van der Waals surface area contributed by atoms with E-state index in [1.165, 1.54) is 0 Å². The standard InChI is InChI=1S/C6H11N3OS/c7-5(10)1-4-11-6-8-2-3-9-6/h1-4H2,(H2,7,10)(H,8,9). The molecule has 1 rings (SSSR count). The number of amidine groups is 1. The first kappa shape index (κ1) is 8.39. The average molecular weight is 173 g/mol. The van der Waals surface area contributed by atoms with Gasteiger partial charge in [-0.1, -0.05) is 11.8 Å². The Kier molecular flexibility index (Phi) is 3.22. The lowest BCUT2D eigenvalue weighted by Gasteiger charge is -1.98. The third kappa shape index (κ3) is 3.27. The van der Waals surface area contributed by atoms with E-state index in [1.54, 1.807) is 11.8 Å². The van der Waals surface area contributed by atoms with Crippen LogP contribution in [0.15, 0.2) is 4.99 Å². The maximum absolute atomic E-state index is 10.3. The van der Waals surface area contributed by atoms with Crippen molar-refractivity contribution in [3.63, 3.8) is 0 Å². The van der Waals surface area contributed by atoms with Crippen molar-refractivity contribution in [3.05, 3.63) is 0 Å². The monoisotopic (exact) mass is 173 g/mol. The number of nitrogens with one attached hydrogen (secondary N) is 1. The van der Waals surface area contributed by atoms with Gasteiger partial charge in [0.05, 0.1) is 6.54 Å². The highest BCUT2D eigenvalue weighted by Crippen LogP contribution is 2.05. The number of primary amides is 1. The SMILES string of the molecule is NC(=O)CCSC1=NCCN1. The second-order valence-electron chi connectivity index (χ2n) is 2.18. The molecule has 0 saturated heterocycles. The number of nitrogens with zero attached hydrogens (tertiary/aromatic N) is 1. The van der Waals surface area contributed by atoms with E-state index in [9.17, 15) is 4.79 Å². The number of hydrogen-bond donors (Lipinski definition) is 2. The van der Waals surface area contributed by atoms with E-state index >= 15 is 0 Å². The molecule has 1 aliphatic rings. The fourth-order valence-corrected chi connectivity index (χ4v) is 1.60. The summed E-state index contributed by atoms with van der Waals surface area (Å²) in [5.41, 5.74) is 4.96. The number of carbonyl (C=O) groups excluding carboxylic acids is 1. The van der Waals surface area contributed by atoms with Crippen molar-refractivity contribution in [1.82, 2.24) is 5.32 Å². The van der Waals surface area contributed by atoms with E-state index in [-0.39, 0.29) is 5.91 Å². The molecule has 1 amide bonds. The number of rotatable bonds is 3. The van der Waals surface area contributed by atoms with Crippen molar-refractivity contribution >= 4 is 22.8 Å². The van der Waals surface area contributed by atoms with Gasteiger partial charge >= 0.3 is 0 Å². The number of aliphatic imine (C=N–C) groups is 1. The third-order valence-electron chi connectivity index (χ3n) is 1.23. The van der Waals surface area contributed by atoms with Crippen LogP contribution in [0.2, 0.25) is 0 Å². The summed E-state index contributed by atoms with van der Waals surface area (Å²) in [7, 11) is 0. The Hall–Kier alpha value is -0.710. The zero-order valence-electron chi connectivity index (χ0n) is 6.17. The predicted molar refractivity (Wildman–Crippen MR) is 46.6 cm³/mol. The molecule has 1 heterocycles. The Morgan fingerprint density at radius 3 is 3.18 bits per heavy atom. The van der Waals surface area contributed by atoms with Crippen molar-refractivity contribution in [2.45, 2.75) is 6.42 Å². The highest BCUT2D eigenvalue weighted by atomic mass is 32.2. The lowest BCUT2D eigenvalue weighted by atomic mass is 10.5. The predicted octanol–water partition coefficient (Wildman–Crippen LogP) is -0.446. The minimum atomic E-state index is -0.254. The number of hydrogen-bond acceptors (Lipinski definition) is 4. The molecule has 0 atom stereocenters. The summed E-state index contributed by atoms with van der Waals surface area (Å²) in [6.07, 6.45) is 0.422. The second kappa shape index (κ2) is 4.23. The van der Waals surface area contributed by atoms with Crippen molar-refractivity contribution in [3.8, 4) is 0 Å². The number of amides is 1. The molecule has 0 aromatic rings. The molecule has 0 saturated carbocycles. The van der Waals surface area contributed by atoms with Gasteiger partial charge in [0.25, 0.3) is 0 Å². The molecular weight excluding hydrogens is 162 g/mol. The molecule has 0 aliphatic carbocycles. The Morgan fingerprint density at radius 1 is 1.82 bits per heavy atom. The van der Waals surface area contributed by atoms with Crippen LogP contribution in [0.1, 0.15) is 6.42 Å². The smallest absolute Gasteiger partial charge is 0.218 e. The van der Waals surface area contributed by atoms with Crippen LogP contribution in [0.25, 0.3) is 0 Å². The molecular formula is C6H11N3OS. The molecule has 0 fully saturated rings. The van der Waals surface area contributed by atoms with Crippen LogP contribution in [-0.2, 0) is 4.79 Å². The van der Waals surface area contributed by atoms with Gasteiger partial charge in [-0.15, -0.1) is 0 Å². The van der Waals surface area contributed by atoms with Crippen LogP contribution in [-0.4, -0.2) is 29.9 Å². The molecule has 0 radical (unpaired) electrons. The van der Waals surface area contributed by atoms with E-state index in [2.05, 4.69) is 10.3 Å². The van der Waals surface area contributed by atoms with Crippen LogP contribution < -0.4 is 11.1 Å². The summed E-state index contributed by atoms with van der Waals surface area (Å²) in [6, 6.07) is 0. The van der Waals surface area contributed by atoms with Gasteiger partial charge in [0, 0.05) is 18.7 Å². The normalized spacial score (nSPS) is 15.8. The van der Waals surface area contributed by atoms with Gasteiger partial charge in [0.2, 0.25) is 5.91 Å². The van der Waals surface area contributed by atoms with Crippen molar-refractivity contribution in [2.75, 3.05) is 18.8 Å². The van der Waals surface area contributed by atoms with Gasteiger partial charge in [0.15, 0.2) is 5.17 Å². The van der Waals surface area contributed by atoms with E-state index < -0.39 is 0 Å². The molecule has 0 aromatic carbocycles. The fourth-order valence-electron chi connectivity index (χ4n) is 0.721. The molecule has 4 nitrogen and oxygen atoms in total. The summed E-state index contributed by atoms with van der Waals surface area (Å²) < 4.78 is 0. The van der Waals surface area contributed by atoms with E-state index in [0.717, 1.165) is 24.0 Å². The number of carbonyl (C=O) groups is 1. The first-order valence-electron chi connectivity index (χ1n) is 3.48. The number of nitrogens with two attached hydrogens (primary N) is 1. The summed E-state index contributed by atoms with van der Waals surface area (Å²) in [4.78, 5) is 14.5. The zero-order chi connectivity index (χ0) is 8.10. The van der Waals surface area contributed by atoms with Gasteiger partial charge in [-0.3, -0.25) is 9.79 Å². The summed E-state index contributed by atoms with van der Waals surface area (Å²) in [6.45, 7) is 1.76. The minimum Gasteiger partial charge on any atom is -0.370 e. The fraction of sp³-hybridized carbons (Fsp3) is 0.667. The molecule has 11 heavy (non-hydrogen) atoms. The van der Waals surface area contributed by atoms with Crippen LogP contribution in [0.4, 0.5) is 0 Å². The molecule has 1 aliphatic heterocycles. The first-order valence-corrected chi connectivity index (χ1v) is 4.47. The zero-order valence-corrected chi connectivity index (χ0v) is 6.99.